The monoisotopic (exact) mass is 1600 g/mol. The zero-order chi connectivity index (χ0) is 87.0. The van der Waals surface area contributed by atoms with Crippen LogP contribution in [-0.4, -0.2) is 185 Å². The van der Waals surface area contributed by atoms with Crippen LogP contribution in [0, 0.1) is 29.2 Å². The first-order valence-corrected chi connectivity index (χ1v) is 33.0. The van der Waals surface area contributed by atoms with Gasteiger partial charge in [0.1, 0.15) is 183 Å². The van der Waals surface area contributed by atoms with Crippen molar-refractivity contribution in [2.24, 2.45) is 0 Å². The minimum Gasteiger partial charge on any atom is -0.494 e. The molecule has 0 spiro atoms. The van der Waals surface area contributed by atoms with Gasteiger partial charge in [0.15, 0.2) is 23.5 Å². The summed E-state index contributed by atoms with van der Waals surface area (Å²) in [5.41, 5.74) is 56.2. The number of carboxylic acids is 1. The molecule has 2 aromatic carbocycles. The molecular weight excluding hydrogens is 1530 g/mol. The van der Waals surface area contributed by atoms with E-state index in [1.807, 2.05) is 6.07 Å². The summed E-state index contributed by atoms with van der Waals surface area (Å²) in [6.07, 6.45) is 15.5. The Bertz CT molecular complexity index is 5460. The molecule has 0 aliphatic heterocycles. The summed E-state index contributed by atoms with van der Waals surface area (Å²) in [5.74, 6) is -0.195. The Labute approximate surface area is 662 Å². The third-order valence-electron chi connectivity index (χ3n) is 13.8. The SMILES string of the molecule is CCOC(=O)c1c(N)ncnc1N.COc1cc2c(cnn2C(=O)OC(C)(C)C)cc1Nc1ncnc(N)c1C(C)=O.COc1cc2c(cnn2C(=O)OC(C)(C)C)cc1Nc1ncnc(N)c1C(C)=O.N#Cc1cncnc1N.Nc1ncnc(N)c1C(=O)O.Nc1ncnc(N)c1C=O.Nc1ncnc2ncncc12.[C-]#[N+]CC#N. The number of nitrogens with zero attached hydrogens (tertiary/aromatic N) is 23. The van der Waals surface area contributed by atoms with Gasteiger partial charge in [-0.25, -0.2) is 105 Å². The number of hydrogen-bond donors (Lipinski definition) is 13. The molecule has 0 atom stereocenters. The van der Waals surface area contributed by atoms with E-state index in [0.717, 1.165) is 15.7 Å². The lowest BCUT2D eigenvalue weighted by atomic mass is 10.1. The number of aromatic nitrogens is 20. The number of fused-ring (bicyclic) bond motifs is 3. The first kappa shape index (κ1) is 90.5. The van der Waals surface area contributed by atoms with Crippen molar-refractivity contribution in [3.8, 4) is 23.6 Å². The lowest BCUT2D eigenvalue weighted by Crippen LogP contribution is -2.27. The van der Waals surface area contributed by atoms with Crippen molar-refractivity contribution in [1.82, 2.24) is 99.3 Å². The smallest absolute Gasteiger partial charge is 0.435 e. The molecule has 48 nitrogen and oxygen atoms in total. The van der Waals surface area contributed by atoms with Crippen molar-refractivity contribution in [3.63, 3.8) is 0 Å². The van der Waals surface area contributed by atoms with E-state index in [2.05, 4.69) is 105 Å². The molecule has 0 bridgehead atoms. The van der Waals surface area contributed by atoms with Gasteiger partial charge >= 0.3 is 24.1 Å². The van der Waals surface area contributed by atoms with E-state index in [0.29, 0.717) is 73.4 Å². The maximum absolute atomic E-state index is 12.4. The summed E-state index contributed by atoms with van der Waals surface area (Å²) < 4.78 is 28.7. The first-order valence-electron chi connectivity index (χ1n) is 33.0. The second-order valence-corrected chi connectivity index (χ2v) is 24.3. The Morgan fingerprint density at radius 2 is 0.897 bits per heavy atom. The maximum Gasteiger partial charge on any atom is 0.435 e. The molecular formula is C69H77N35O13. The number of hydrogen-bond acceptors (Lipinski definition) is 44. The number of nitrogens with two attached hydrogens (primary N) is 10. The molecule has 48 heteroatoms. The van der Waals surface area contributed by atoms with Crippen molar-refractivity contribution < 1.29 is 62.4 Å². The van der Waals surface area contributed by atoms with Crippen LogP contribution in [0.4, 0.5) is 90.8 Å². The van der Waals surface area contributed by atoms with Gasteiger partial charge in [-0.15, -0.1) is 0 Å². The van der Waals surface area contributed by atoms with Gasteiger partial charge in [0.25, 0.3) is 6.54 Å². The molecule has 0 aliphatic carbocycles. The summed E-state index contributed by atoms with van der Waals surface area (Å²) in [4.78, 5) is 143. The number of nitrogen functional groups attached to an aromatic ring is 10. The molecule has 117 heavy (non-hydrogen) atoms. The summed E-state index contributed by atoms with van der Waals surface area (Å²) in [6, 6.07) is 10.3. The number of Topliss-reactive ketones (excluding diaryl/α,β-unsaturated/α-hetero) is 2. The van der Waals surface area contributed by atoms with Crippen LogP contribution < -0.4 is 77.4 Å². The number of nitrogens with one attached hydrogen (secondary N) is 2. The fourth-order valence-corrected chi connectivity index (χ4v) is 8.77. The van der Waals surface area contributed by atoms with E-state index in [9.17, 15) is 33.6 Å². The van der Waals surface area contributed by atoms with Gasteiger partial charge in [-0.05, 0) is 74.4 Å². The highest BCUT2D eigenvalue weighted by atomic mass is 16.6. The fourth-order valence-electron chi connectivity index (χ4n) is 8.77. The van der Waals surface area contributed by atoms with Crippen LogP contribution >= 0.6 is 0 Å². The second-order valence-electron chi connectivity index (χ2n) is 24.3. The standard InChI is InChI=1S/2C19H22N6O4.C7H10N4O2.C6H5N5.C5H6N4O2.C5H6N4O.C5H4N4.C3H2N2/c2*1-10(26)15-16(20)21-9-22-17(15)24-12-6-11-8-23-25(13(11)7-14(12)28-5)18(27)29-19(2,3)4;1-2-13-7(12)4-5(8)10-3-11-6(4)9;7-5-4-1-8-2-10-6(4)11-3-9-5;6-3-2(5(10)11)4(7)9-1-8-3;6-4-3(1-10)5(7)9-2-8-4;6-1-4-2-8-3-9-5(4)7;1-5-3-2-4/h2*6-9H,1-5H3,(H3,20,21,22,24);3H,2H2,1H3,(H4,8,9,10,11);1-3H,(H2,7,8,9,10,11);1H,(H,10,11)(H4,6,7,8,9);1-2H,(H4,6,7,8,9);2-3H,(H2,7,8,9);3H2. The Kier molecular flexibility index (Phi) is 32.6. The summed E-state index contributed by atoms with van der Waals surface area (Å²) in [7, 11) is 2.97. The van der Waals surface area contributed by atoms with Gasteiger partial charge in [0, 0.05) is 29.1 Å². The molecule has 606 valence electrons. The van der Waals surface area contributed by atoms with Gasteiger partial charge in [-0.1, -0.05) is 0 Å². The number of carbonyl (C=O) groups excluding carboxylic acids is 6. The van der Waals surface area contributed by atoms with E-state index in [1.165, 1.54) is 90.9 Å². The molecule has 0 unspecified atom stereocenters. The minimum atomic E-state index is -1.22. The number of carboxylic acid groups (broad SMARTS) is 1. The summed E-state index contributed by atoms with van der Waals surface area (Å²) >= 11 is 0. The Morgan fingerprint density at radius 1 is 0.521 bits per heavy atom. The molecule has 0 aliphatic rings. The molecule has 12 rings (SSSR count). The van der Waals surface area contributed by atoms with Gasteiger partial charge in [-0.2, -0.15) is 30.1 Å². The summed E-state index contributed by atoms with van der Waals surface area (Å²) in [6.45, 7) is 21.4. The van der Waals surface area contributed by atoms with E-state index in [1.54, 1.807) is 85.0 Å². The van der Waals surface area contributed by atoms with Gasteiger partial charge in [0.2, 0.25) is 0 Å². The zero-order valence-corrected chi connectivity index (χ0v) is 64.1. The maximum atomic E-state index is 12.4. The number of nitriles is 2. The van der Waals surface area contributed by atoms with Crippen molar-refractivity contribution in [3.05, 3.63) is 144 Å². The normalized spacial score (nSPS) is 10.2. The van der Waals surface area contributed by atoms with Crippen LogP contribution in [0.2, 0.25) is 0 Å². The molecule has 23 N–H and O–H groups in total. The number of esters is 1. The highest BCUT2D eigenvalue weighted by Gasteiger charge is 2.26. The number of benzene rings is 2. The minimum absolute atomic E-state index is 0.0139. The van der Waals surface area contributed by atoms with Crippen LogP contribution in [0.1, 0.15) is 120 Å². The van der Waals surface area contributed by atoms with Crippen molar-refractivity contribution in [2.45, 2.75) is 73.5 Å². The average molecular weight is 1600 g/mol. The molecule has 0 saturated heterocycles. The van der Waals surface area contributed by atoms with Crippen molar-refractivity contribution >= 4 is 156 Å². The van der Waals surface area contributed by atoms with Gasteiger partial charge < -0.3 is 102 Å². The number of aldehydes is 1. The number of aromatic carboxylic acids is 1. The lowest BCUT2D eigenvalue weighted by molar-refractivity contribution is 0.0511. The Hall–Kier alpha value is -17.2. The number of rotatable bonds is 12. The Balaban J connectivity index is 0.000000254. The van der Waals surface area contributed by atoms with Crippen molar-refractivity contribution in [2.75, 3.05) is 95.3 Å². The second kappa shape index (κ2) is 42.1. The van der Waals surface area contributed by atoms with E-state index in [-0.39, 0.29) is 117 Å². The number of anilines is 14. The highest BCUT2D eigenvalue weighted by Crippen LogP contribution is 2.36. The van der Waals surface area contributed by atoms with E-state index < -0.39 is 35.3 Å². The van der Waals surface area contributed by atoms with Gasteiger partial charge in [0.05, 0.1) is 72.8 Å². The van der Waals surface area contributed by atoms with E-state index >= 15 is 0 Å². The molecule has 0 saturated carbocycles. The van der Waals surface area contributed by atoms with Crippen LogP contribution in [0.5, 0.6) is 11.5 Å². The Morgan fingerprint density at radius 3 is 1.23 bits per heavy atom. The fraction of sp³-hybridized carbons (Fsp3) is 0.217. The number of ketones is 2. The quantitative estimate of drug-likeness (QED) is 0.0185. The molecule has 0 fully saturated rings. The third-order valence-corrected chi connectivity index (χ3v) is 13.8. The number of methoxy groups -OCH3 is 2. The lowest BCUT2D eigenvalue weighted by Gasteiger charge is -2.19. The molecule has 0 amide bonds. The number of carbonyl (C=O) groups is 7. The predicted molar refractivity (Wildman–Crippen MR) is 424 cm³/mol. The average Bonchev–Trinajstić information content (AvgIpc) is 1.67. The first-order chi connectivity index (χ1) is 55.4. The van der Waals surface area contributed by atoms with Crippen molar-refractivity contribution in [1.29, 1.82) is 10.5 Å². The molecule has 0 radical (unpaired) electrons. The topological polar surface area (TPSA) is 764 Å². The largest absolute Gasteiger partial charge is 0.494 e. The zero-order valence-electron chi connectivity index (χ0n) is 64.1. The van der Waals surface area contributed by atoms with Gasteiger partial charge in [-0.3, -0.25) is 14.4 Å². The molecule has 10 heterocycles. The molecule has 10 aromatic heterocycles. The predicted octanol–water partition coefficient (Wildman–Crippen LogP) is 5.27. The van der Waals surface area contributed by atoms with Crippen LogP contribution in [0.3, 0.4) is 0 Å². The van der Waals surface area contributed by atoms with Crippen LogP contribution in [0.15, 0.2) is 99.7 Å². The number of ether oxygens (including phenoxy) is 5. The molecule has 12 aromatic rings. The highest BCUT2D eigenvalue weighted by molar-refractivity contribution is 6.05. The van der Waals surface area contributed by atoms with E-state index in [4.69, 9.17) is 103 Å². The third kappa shape index (κ3) is 25.7. The summed E-state index contributed by atoms with van der Waals surface area (Å²) in [5, 5.41) is 40.8. The van der Waals surface area contributed by atoms with Crippen LogP contribution in [0.25, 0.3) is 37.7 Å². The van der Waals surface area contributed by atoms with Crippen LogP contribution in [-0.2, 0) is 14.2 Å².